The Morgan fingerprint density at radius 2 is 1.78 bits per heavy atom. The molecule has 3 aromatic rings. The second-order valence-electron chi connectivity index (χ2n) is 12.3. The number of halogens is 1. The summed E-state index contributed by atoms with van der Waals surface area (Å²) >= 11 is 0. The number of benzene rings is 3. The Balaban J connectivity index is 1.41. The molecule has 0 spiro atoms. The van der Waals surface area contributed by atoms with Crippen molar-refractivity contribution in [2.24, 2.45) is 5.41 Å². The van der Waals surface area contributed by atoms with E-state index >= 15 is 4.39 Å². The molecule has 0 amide bonds. The molecule has 1 saturated heterocycles. The van der Waals surface area contributed by atoms with Crippen molar-refractivity contribution in [3.8, 4) is 22.6 Å². The van der Waals surface area contributed by atoms with E-state index in [9.17, 15) is 9.90 Å². The van der Waals surface area contributed by atoms with Crippen LogP contribution >= 0.6 is 0 Å². The van der Waals surface area contributed by atoms with Gasteiger partial charge in [0.2, 0.25) is 0 Å². The van der Waals surface area contributed by atoms with Crippen LogP contribution in [0.25, 0.3) is 11.1 Å². The zero-order valence-corrected chi connectivity index (χ0v) is 24.7. The van der Waals surface area contributed by atoms with E-state index in [1.807, 2.05) is 36.4 Å². The van der Waals surface area contributed by atoms with Gasteiger partial charge >= 0.3 is 5.97 Å². The average molecular weight is 560 g/mol. The van der Waals surface area contributed by atoms with Crippen molar-refractivity contribution >= 4 is 5.97 Å². The minimum absolute atomic E-state index is 0.0271. The van der Waals surface area contributed by atoms with Crippen LogP contribution < -0.4 is 9.47 Å². The first-order chi connectivity index (χ1) is 19.7. The van der Waals surface area contributed by atoms with Gasteiger partial charge in [-0.25, -0.2) is 4.39 Å². The van der Waals surface area contributed by atoms with Gasteiger partial charge in [-0.15, -0.1) is 0 Å². The lowest BCUT2D eigenvalue weighted by Gasteiger charge is -2.39. The second kappa shape index (κ2) is 12.2. The Morgan fingerprint density at radius 1 is 1.02 bits per heavy atom. The highest BCUT2D eigenvalue weighted by atomic mass is 19.1. The Morgan fingerprint density at radius 3 is 2.46 bits per heavy atom. The molecule has 1 heterocycles. The summed E-state index contributed by atoms with van der Waals surface area (Å²) in [5.74, 6) is 0.283. The number of carboxylic acid groups (broad SMARTS) is 1. The third-order valence-electron chi connectivity index (χ3n) is 9.29. The molecule has 41 heavy (non-hydrogen) atoms. The zero-order valence-electron chi connectivity index (χ0n) is 24.7. The van der Waals surface area contributed by atoms with Crippen molar-refractivity contribution in [2.75, 3.05) is 7.11 Å². The number of hydrogen-bond donors (Lipinski definition) is 1. The van der Waals surface area contributed by atoms with Crippen LogP contribution in [0.3, 0.4) is 0 Å². The average Bonchev–Trinajstić information content (AvgIpc) is 3.71. The lowest BCUT2D eigenvalue weighted by molar-refractivity contribution is -0.137. The highest BCUT2D eigenvalue weighted by Crippen LogP contribution is 2.57. The minimum atomic E-state index is -0.771. The van der Waals surface area contributed by atoms with Gasteiger partial charge in [-0.05, 0) is 103 Å². The Hall–Kier alpha value is -3.38. The summed E-state index contributed by atoms with van der Waals surface area (Å²) < 4.78 is 26.8. The highest BCUT2D eigenvalue weighted by Gasteiger charge is 2.46. The number of carboxylic acids is 1. The first kappa shape index (κ1) is 29.1. The van der Waals surface area contributed by atoms with Crippen LogP contribution in [0.5, 0.6) is 11.5 Å². The fourth-order valence-corrected chi connectivity index (χ4v) is 6.43. The molecule has 2 aliphatic rings. The fraction of sp³-hybridized carbons (Fsp3) is 0.457. The van der Waals surface area contributed by atoms with Gasteiger partial charge in [0.15, 0.2) is 0 Å². The van der Waals surface area contributed by atoms with Gasteiger partial charge in [-0.3, -0.25) is 9.69 Å². The maximum Gasteiger partial charge on any atom is 0.303 e. The number of methoxy groups -OCH3 is 1. The van der Waals surface area contributed by atoms with Crippen LogP contribution in [-0.4, -0.2) is 35.2 Å². The van der Waals surface area contributed by atoms with Crippen LogP contribution in [0.4, 0.5) is 4.39 Å². The minimum Gasteiger partial charge on any atom is -0.497 e. The highest BCUT2D eigenvalue weighted by molar-refractivity contribution is 5.70. The van der Waals surface area contributed by atoms with E-state index < -0.39 is 5.97 Å². The molecule has 1 aliphatic heterocycles. The molecular weight excluding hydrogens is 517 g/mol. The summed E-state index contributed by atoms with van der Waals surface area (Å²) in [5.41, 5.74) is 4.53. The lowest BCUT2D eigenvalue weighted by atomic mass is 9.82. The van der Waals surface area contributed by atoms with Crippen molar-refractivity contribution in [3.05, 3.63) is 83.2 Å². The summed E-state index contributed by atoms with van der Waals surface area (Å²) in [5, 5.41) is 9.52. The lowest BCUT2D eigenvalue weighted by Crippen LogP contribution is -2.43. The van der Waals surface area contributed by atoms with E-state index in [2.05, 4.69) is 31.7 Å². The van der Waals surface area contributed by atoms with Gasteiger partial charge in [0.05, 0.1) is 13.5 Å². The molecule has 1 saturated carbocycles. The molecule has 0 aromatic heterocycles. The molecule has 1 N–H and O–H groups in total. The Bertz CT molecular complexity index is 1370. The predicted molar refractivity (Wildman–Crippen MR) is 160 cm³/mol. The summed E-state index contributed by atoms with van der Waals surface area (Å²) in [4.78, 5) is 14.1. The molecule has 3 atom stereocenters. The number of likely N-dealkylation sites (tertiary alicyclic amines) is 1. The van der Waals surface area contributed by atoms with E-state index in [1.54, 1.807) is 19.2 Å². The van der Waals surface area contributed by atoms with Crippen LogP contribution in [0.15, 0.2) is 60.7 Å². The third-order valence-corrected chi connectivity index (χ3v) is 9.29. The van der Waals surface area contributed by atoms with Gasteiger partial charge < -0.3 is 14.6 Å². The number of carbonyl (C=O) groups is 1. The van der Waals surface area contributed by atoms with Gasteiger partial charge in [0, 0.05) is 24.2 Å². The molecule has 5 rings (SSSR count). The number of rotatable bonds is 11. The fourth-order valence-electron chi connectivity index (χ4n) is 6.43. The van der Waals surface area contributed by atoms with E-state index in [-0.39, 0.29) is 23.6 Å². The largest absolute Gasteiger partial charge is 0.497 e. The quantitative estimate of drug-likeness (QED) is 0.257. The number of nitrogens with zero attached hydrogens (tertiary/aromatic N) is 1. The maximum absolute atomic E-state index is 15.1. The van der Waals surface area contributed by atoms with E-state index in [0.29, 0.717) is 30.0 Å². The molecule has 0 bridgehead atoms. The summed E-state index contributed by atoms with van der Waals surface area (Å²) in [6.45, 7) is 7.82. The third kappa shape index (κ3) is 6.75. The van der Waals surface area contributed by atoms with E-state index in [0.717, 1.165) is 60.2 Å². The van der Waals surface area contributed by atoms with Gasteiger partial charge in [-0.2, -0.15) is 0 Å². The van der Waals surface area contributed by atoms with E-state index in [1.165, 1.54) is 12.5 Å². The Kier molecular flexibility index (Phi) is 8.69. The SMILES string of the molecule is COc1ccc(F)c(-c2ccc(COc3cccc([C@@H](CC(=O)O)C4(C)CC4)c3)cc2CN2[C@@H](C)CCC[C@@H]2C)c1. The van der Waals surface area contributed by atoms with Gasteiger partial charge in [-0.1, -0.05) is 43.7 Å². The molecule has 0 radical (unpaired) electrons. The van der Waals surface area contributed by atoms with Crippen molar-refractivity contribution in [1.82, 2.24) is 4.90 Å². The molecule has 0 unspecified atom stereocenters. The van der Waals surface area contributed by atoms with Gasteiger partial charge in [0.1, 0.15) is 23.9 Å². The molecule has 6 heteroatoms. The molecule has 1 aliphatic carbocycles. The second-order valence-corrected chi connectivity index (χ2v) is 12.3. The molecule has 5 nitrogen and oxygen atoms in total. The van der Waals surface area contributed by atoms with E-state index in [4.69, 9.17) is 9.47 Å². The molecular formula is C35H42FNO4. The van der Waals surface area contributed by atoms with Gasteiger partial charge in [0.25, 0.3) is 0 Å². The number of aliphatic carboxylic acids is 1. The summed E-state index contributed by atoms with van der Waals surface area (Å²) in [6, 6.07) is 19.8. The summed E-state index contributed by atoms with van der Waals surface area (Å²) in [7, 11) is 1.60. The van der Waals surface area contributed by atoms with Crippen LogP contribution in [0, 0.1) is 11.2 Å². The molecule has 3 aromatic carbocycles. The molecule has 218 valence electrons. The first-order valence-electron chi connectivity index (χ1n) is 14.8. The topological polar surface area (TPSA) is 59.0 Å². The number of hydrogen-bond acceptors (Lipinski definition) is 4. The van der Waals surface area contributed by atoms with Crippen LogP contribution in [0.1, 0.15) is 81.9 Å². The number of piperidine rings is 1. The maximum atomic E-state index is 15.1. The van der Waals surface area contributed by atoms with Crippen molar-refractivity contribution in [2.45, 2.75) is 90.4 Å². The van der Waals surface area contributed by atoms with Crippen LogP contribution in [0.2, 0.25) is 0 Å². The predicted octanol–water partition coefficient (Wildman–Crippen LogP) is 8.20. The normalized spacial score (nSPS) is 20.8. The van der Waals surface area contributed by atoms with Crippen molar-refractivity contribution in [3.63, 3.8) is 0 Å². The Labute approximate surface area is 243 Å². The van der Waals surface area contributed by atoms with Crippen molar-refractivity contribution in [1.29, 1.82) is 0 Å². The smallest absolute Gasteiger partial charge is 0.303 e. The summed E-state index contributed by atoms with van der Waals surface area (Å²) in [6.07, 6.45) is 5.78. The number of ether oxygens (including phenoxy) is 2. The first-order valence-corrected chi connectivity index (χ1v) is 14.8. The molecule has 2 fully saturated rings. The van der Waals surface area contributed by atoms with Crippen molar-refractivity contribution < 1.29 is 23.8 Å². The standard InChI is InChI=1S/C35H42FNO4/c1-23-7-5-8-24(2)37(23)21-27-17-25(11-13-30(27)31-19-28(40-4)12-14-33(31)36)22-41-29-10-6-9-26(18-29)32(20-34(38)39)35(3)15-16-35/h6,9-14,17-19,23-24,32H,5,7-8,15-16,20-22H2,1-4H3,(H,38,39)/t23-,24-,32+/m0/s1. The monoisotopic (exact) mass is 559 g/mol. The van der Waals surface area contributed by atoms with Crippen LogP contribution in [-0.2, 0) is 17.9 Å². The zero-order chi connectivity index (χ0) is 29.1.